The van der Waals surface area contributed by atoms with Gasteiger partial charge in [0.25, 0.3) is 0 Å². The summed E-state index contributed by atoms with van der Waals surface area (Å²) in [5, 5.41) is 8.80. The number of nitrogens with zero attached hydrogens (tertiary/aromatic N) is 2. The van der Waals surface area contributed by atoms with Gasteiger partial charge in [-0.15, -0.1) is 11.3 Å². The van der Waals surface area contributed by atoms with Crippen LogP contribution in [0.5, 0.6) is 0 Å². The molecule has 10 heteroatoms. The Balaban J connectivity index is 1.36. The highest BCUT2D eigenvalue weighted by Crippen LogP contribution is 2.41. The number of hydrogen-bond donors (Lipinski definition) is 3. The van der Waals surface area contributed by atoms with Crippen LogP contribution in [0.3, 0.4) is 0 Å². The Morgan fingerprint density at radius 1 is 1.07 bits per heavy atom. The molecule has 0 saturated carbocycles. The molecular weight excluding hydrogens is 562 g/mol. The number of ether oxygens (including phenoxy) is 1. The summed E-state index contributed by atoms with van der Waals surface area (Å²) < 4.78 is 5.45. The number of amides is 3. The van der Waals surface area contributed by atoms with Gasteiger partial charge in [0.15, 0.2) is 5.78 Å². The Bertz CT molecular complexity index is 1520. The maximum Gasteiger partial charge on any atom is 0.323 e. The minimum absolute atomic E-state index is 0.111. The molecule has 228 valence electrons. The monoisotopic (exact) mass is 603 g/mol. The average Bonchev–Trinajstić information content (AvgIpc) is 3.40. The first-order valence-corrected chi connectivity index (χ1v) is 15.6. The predicted octanol–water partition coefficient (Wildman–Crippen LogP) is 6.24. The first kappa shape index (κ1) is 30.7. The summed E-state index contributed by atoms with van der Waals surface area (Å²) in [6.45, 7) is 15.3. The lowest BCUT2D eigenvalue weighted by Gasteiger charge is -2.36. The lowest BCUT2D eigenvalue weighted by molar-refractivity contribution is -0.133. The largest absolute Gasteiger partial charge is 0.378 e. The molecule has 1 atom stereocenters. The highest BCUT2D eigenvalue weighted by molar-refractivity contribution is 7.15. The van der Waals surface area contributed by atoms with Crippen LogP contribution in [0.4, 0.5) is 21.9 Å². The highest BCUT2D eigenvalue weighted by Gasteiger charge is 2.45. The number of anilines is 3. The van der Waals surface area contributed by atoms with E-state index in [1.165, 1.54) is 11.3 Å². The number of nitrogens with one attached hydrogen (secondary N) is 3. The van der Waals surface area contributed by atoms with Gasteiger partial charge in [0, 0.05) is 41.7 Å². The zero-order valence-corrected chi connectivity index (χ0v) is 26.6. The lowest BCUT2D eigenvalue weighted by Crippen LogP contribution is -2.50. The molecule has 2 aliphatic heterocycles. The number of carbonyl (C=O) groups excluding carboxylic acids is 3. The van der Waals surface area contributed by atoms with Crippen LogP contribution in [0.2, 0.25) is 0 Å². The summed E-state index contributed by atoms with van der Waals surface area (Å²) in [6.07, 6.45) is 2.43. The average molecular weight is 604 g/mol. The molecule has 4 heterocycles. The van der Waals surface area contributed by atoms with Crippen LogP contribution in [0.1, 0.15) is 61.2 Å². The smallest absolute Gasteiger partial charge is 0.323 e. The topological polar surface area (TPSA) is 113 Å². The van der Waals surface area contributed by atoms with Gasteiger partial charge in [-0.3, -0.25) is 14.6 Å². The maximum atomic E-state index is 13.9. The molecule has 3 aromatic rings. The number of Topliss-reactive ketones (excluding diaryl/α,β-unsaturated/α-hetero) is 1. The van der Waals surface area contributed by atoms with E-state index >= 15 is 0 Å². The van der Waals surface area contributed by atoms with E-state index in [-0.39, 0.29) is 17.1 Å². The number of ketones is 1. The molecule has 0 aliphatic carbocycles. The van der Waals surface area contributed by atoms with Crippen molar-refractivity contribution in [3.05, 3.63) is 57.9 Å². The van der Waals surface area contributed by atoms with Crippen molar-refractivity contribution in [2.75, 3.05) is 48.4 Å². The minimum Gasteiger partial charge on any atom is -0.378 e. The number of rotatable bonds is 6. The SMILES string of the molecule is Cc1ccc(-c2ccc(N3CCOCC3)cn2)cc1NC(=O)Nc1cc(C(C)(C)C)sc1C(=O)C1CCNC(=O)C1(C)C. The van der Waals surface area contributed by atoms with E-state index < -0.39 is 17.4 Å². The molecule has 3 amide bonds. The molecule has 2 aromatic heterocycles. The second kappa shape index (κ2) is 12.1. The molecule has 1 unspecified atom stereocenters. The van der Waals surface area contributed by atoms with E-state index in [1.54, 1.807) is 0 Å². The second-order valence-electron chi connectivity index (χ2n) is 12.9. The van der Waals surface area contributed by atoms with E-state index in [0.29, 0.717) is 42.4 Å². The number of aryl methyl sites for hydroxylation is 1. The molecule has 0 spiro atoms. The Kier molecular flexibility index (Phi) is 8.63. The van der Waals surface area contributed by atoms with Gasteiger partial charge in [-0.25, -0.2) is 4.79 Å². The fourth-order valence-electron chi connectivity index (χ4n) is 5.49. The van der Waals surface area contributed by atoms with E-state index in [2.05, 4.69) is 52.7 Å². The number of piperidine rings is 1. The van der Waals surface area contributed by atoms with Crippen molar-refractivity contribution in [1.82, 2.24) is 10.3 Å². The van der Waals surface area contributed by atoms with Crippen LogP contribution in [0, 0.1) is 18.3 Å². The summed E-state index contributed by atoms with van der Waals surface area (Å²) in [7, 11) is 0. The number of thiophene rings is 1. The molecule has 0 radical (unpaired) electrons. The summed E-state index contributed by atoms with van der Waals surface area (Å²) in [4.78, 5) is 48.2. The van der Waals surface area contributed by atoms with Crippen molar-refractivity contribution in [3.63, 3.8) is 0 Å². The third kappa shape index (κ3) is 6.60. The molecule has 1 aromatic carbocycles. The molecule has 9 nitrogen and oxygen atoms in total. The van der Waals surface area contributed by atoms with Gasteiger partial charge in [0.2, 0.25) is 5.91 Å². The molecule has 3 N–H and O–H groups in total. The quantitative estimate of drug-likeness (QED) is 0.288. The van der Waals surface area contributed by atoms with Gasteiger partial charge in [-0.2, -0.15) is 0 Å². The molecule has 2 fully saturated rings. The van der Waals surface area contributed by atoms with E-state index in [1.807, 2.05) is 57.3 Å². The van der Waals surface area contributed by atoms with Crippen LogP contribution in [-0.2, 0) is 14.9 Å². The number of benzene rings is 1. The van der Waals surface area contributed by atoms with E-state index in [0.717, 1.165) is 40.5 Å². The number of morpholine rings is 1. The van der Waals surface area contributed by atoms with Crippen molar-refractivity contribution < 1.29 is 19.1 Å². The molecular formula is C33H41N5O4S. The number of pyridine rings is 1. The van der Waals surface area contributed by atoms with E-state index in [4.69, 9.17) is 4.74 Å². The molecule has 0 bridgehead atoms. The maximum absolute atomic E-state index is 13.9. The molecule has 5 rings (SSSR count). The number of hydrogen-bond acceptors (Lipinski definition) is 7. The lowest BCUT2D eigenvalue weighted by atomic mass is 9.71. The Morgan fingerprint density at radius 3 is 2.47 bits per heavy atom. The van der Waals surface area contributed by atoms with Crippen LogP contribution >= 0.6 is 11.3 Å². The van der Waals surface area contributed by atoms with Gasteiger partial charge in [-0.05, 0) is 48.6 Å². The zero-order valence-electron chi connectivity index (χ0n) is 25.8. The summed E-state index contributed by atoms with van der Waals surface area (Å²) in [5.41, 5.74) is 3.71. The Morgan fingerprint density at radius 2 is 1.79 bits per heavy atom. The third-order valence-corrected chi connectivity index (χ3v) is 9.92. The zero-order chi connectivity index (χ0) is 30.9. The highest BCUT2D eigenvalue weighted by atomic mass is 32.1. The fraction of sp³-hybridized carbons (Fsp3) is 0.455. The fourth-order valence-corrected chi connectivity index (χ4v) is 6.65. The summed E-state index contributed by atoms with van der Waals surface area (Å²) in [5.74, 6) is -0.713. The predicted molar refractivity (Wildman–Crippen MR) is 172 cm³/mol. The van der Waals surface area contributed by atoms with Crippen molar-refractivity contribution in [2.45, 2.75) is 53.4 Å². The van der Waals surface area contributed by atoms with Gasteiger partial charge in [0.05, 0.1) is 46.8 Å². The normalized spacial score (nSPS) is 18.6. The number of carbonyl (C=O) groups is 3. The minimum atomic E-state index is -0.841. The first-order chi connectivity index (χ1) is 20.3. The van der Waals surface area contributed by atoms with Gasteiger partial charge >= 0.3 is 6.03 Å². The second-order valence-corrected chi connectivity index (χ2v) is 13.9. The first-order valence-electron chi connectivity index (χ1n) is 14.8. The number of urea groups is 1. The standard InChI is InChI=1S/C33H41N5O4S/c1-20-7-8-21(24-10-9-22(19-35-24)38-13-15-42-16-14-38)17-25(20)36-31(41)37-26-18-27(32(2,3)4)43-29(26)28(39)23-11-12-34-30(40)33(23,5)6/h7-10,17-19,23H,11-16H2,1-6H3,(H,34,40)(H2,36,37,41). The van der Waals surface area contributed by atoms with Crippen LogP contribution in [0.15, 0.2) is 42.6 Å². The van der Waals surface area contributed by atoms with Crippen molar-refractivity contribution >= 4 is 46.1 Å². The Hall–Kier alpha value is -3.76. The van der Waals surface area contributed by atoms with E-state index in [9.17, 15) is 14.4 Å². The van der Waals surface area contributed by atoms with Gasteiger partial charge < -0.3 is 25.6 Å². The van der Waals surface area contributed by atoms with Crippen LogP contribution in [-0.4, -0.2) is 55.6 Å². The molecule has 43 heavy (non-hydrogen) atoms. The molecule has 2 saturated heterocycles. The van der Waals surface area contributed by atoms with Gasteiger partial charge in [0.1, 0.15) is 0 Å². The van der Waals surface area contributed by atoms with Crippen LogP contribution < -0.4 is 20.9 Å². The number of aromatic nitrogens is 1. The molecule has 2 aliphatic rings. The Labute approximate surface area is 257 Å². The summed E-state index contributed by atoms with van der Waals surface area (Å²) in [6, 6.07) is 11.4. The van der Waals surface area contributed by atoms with Crippen molar-refractivity contribution in [1.29, 1.82) is 0 Å². The van der Waals surface area contributed by atoms with Crippen molar-refractivity contribution in [2.24, 2.45) is 11.3 Å². The van der Waals surface area contributed by atoms with Gasteiger partial charge in [-0.1, -0.05) is 46.8 Å². The summed E-state index contributed by atoms with van der Waals surface area (Å²) >= 11 is 1.39. The third-order valence-electron chi connectivity index (χ3n) is 8.34. The van der Waals surface area contributed by atoms with Crippen molar-refractivity contribution in [3.8, 4) is 11.3 Å². The van der Waals surface area contributed by atoms with Crippen LogP contribution in [0.25, 0.3) is 11.3 Å².